The summed E-state index contributed by atoms with van der Waals surface area (Å²) < 4.78 is 0. The molecule has 0 unspecified atom stereocenters. The van der Waals surface area contributed by atoms with E-state index in [0.717, 1.165) is 10.8 Å². The van der Waals surface area contributed by atoms with E-state index in [9.17, 15) is 4.79 Å². The average Bonchev–Trinajstić information content (AvgIpc) is 2.94. The van der Waals surface area contributed by atoms with Crippen LogP contribution < -0.4 is 10.6 Å². The van der Waals surface area contributed by atoms with Crippen LogP contribution in [0.3, 0.4) is 0 Å². The van der Waals surface area contributed by atoms with E-state index in [-0.39, 0.29) is 6.03 Å². The molecule has 3 aromatic rings. The molecular formula is C18H19N3OS. The van der Waals surface area contributed by atoms with Gasteiger partial charge in [-0.05, 0) is 65.2 Å². The fraction of sp³-hybridized carbons (Fsp3) is 0.222. The van der Waals surface area contributed by atoms with Gasteiger partial charge in [0, 0.05) is 18.1 Å². The van der Waals surface area contributed by atoms with E-state index >= 15 is 0 Å². The Labute approximate surface area is 139 Å². The molecule has 0 fully saturated rings. The molecular weight excluding hydrogens is 306 g/mol. The van der Waals surface area contributed by atoms with Crippen LogP contribution in [0.4, 0.5) is 10.6 Å². The maximum atomic E-state index is 11.7. The molecule has 0 radical (unpaired) electrons. The Bertz CT molecular complexity index is 870. The summed E-state index contributed by atoms with van der Waals surface area (Å²) in [6, 6.07) is 5.97. The largest absolute Gasteiger partial charge is 0.338 e. The molecule has 1 aromatic carbocycles. The van der Waals surface area contributed by atoms with Crippen LogP contribution >= 0.6 is 11.3 Å². The van der Waals surface area contributed by atoms with E-state index in [1.54, 1.807) is 11.3 Å². The number of carbonyl (C=O) groups excluding carboxylic acids is 1. The quantitative estimate of drug-likeness (QED) is 0.732. The average molecular weight is 325 g/mol. The summed E-state index contributed by atoms with van der Waals surface area (Å²) in [6.07, 6.45) is 1.83. The number of pyridine rings is 1. The summed E-state index contributed by atoms with van der Waals surface area (Å²) in [5, 5.41) is 12.0. The van der Waals surface area contributed by atoms with Crippen LogP contribution in [-0.2, 0) is 0 Å². The summed E-state index contributed by atoms with van der Waals surface area (Å²) in [5.41, 5.74) is 4.84. The molecule has 4 nitrogen and oxygen atoms in total. The minimum atomic E-state index is -0.236. The van der Waals surface area contributed by atoms with Gasteiger partial charge in [-0.1, -0.05) is 12.1 Å². The molecule has 0 atom stereocenters. The molecule has 0 aliphatic rings. The number of fused-ring (bicyclic) bond motifs is 1. The van der Waals surface area contributed by atoms with E-state index in [0.29, 0.717) is 12.4 Å². The first-order valence-corrected chi connectivity index (χ1v) is 8.51. The molecule has 0 aliphatic carbocycles. The predicted molar refractivity (Wildman–Crippen MR) is 97.2 cm³/mol. The first-order chi connectivity index (χ1) is 11.1. The molecule has 118 valence electrons. The molecule has 0 aliphatic heterocycles. The molecule has 2 heterocycles. The second kappa shape index (κ2) is 6.38. The number of anilines is 1. The summed E-state index contributed by atoms with van der Waals surface area (Å²) in [6.45, 7) is 6.66. The summed E-state index contributed by atoms with van der Waals surface area (Å²) in [4.78, 5) is 16.1. The van der Waals surface area contributed by atoms with Gasteiger partial charge in [-0.3, -0.25) is 5.32 Å². The van der Waals surface area contributed by atoms with E-state index < -0.39 is 0 Å². The Morgan fingerprint density at radius 1 is 1.13 bits per heavy atom. The molecule has 0 saturated carbocycles. The Kier molecular flexibility index (Phi) is 4.30. The van der Waals surface area contributed by atoms with Gasteiger partial charge in [0.1, 0.15) is 5.82 Å². The van der Waals surface area contributed by atoms with Gasteiger partial charge in [-0.2, -0.15) is 11.3 Å². The third kappa shape index (κ3) is 3.05. The Hall–Kier alpha value is -2.40. The van der Waals surface area contributed by atoms with Crippen LogP contribution in [0.25, 0.3) is 21.9 Å². The topological polar surface area (TPSA) is 54.0 Å². The normalized spacial score (nSPS) is 10.7. The van der Waals surface area contributed by atoms with Gasteiger partial charge < -0.3 is 5.32 Å². The lowest BCUT2D eigenvalue weighted by Gasteiger charge is -2.11. The molecule has 0 spiro atoms. The number of nitrogens with zero attached hydrogens (tertiary/aromatic N) is 1. The predicted octanol–water partition coefficient (Wildman–Crippen LogP) is 4.72. The van der Waals surface area contributed by atoms with Gasteiger partial charge >= 0.3 is 6.03 Å². The van der Waals surface area contributed by atoms with Crippen LogP contribution in [-0.4, -0.2) is 17.6 Å². The number of aryl methyl sites for hydroxylation is 2. The number of benzene rings is 1. The number of hydrogen-bond donors (Lipinski definition) is 2. The van der Waals surface area contributed by atoms with Crippen molar-refractivity contribution in [2.45, 2.75) is 20.8 Å². The van der Waals surface area contributed by atoms with Crippen molar-refractivity contribution in [3.05, 3.63) is 46.3 Å². The summed E-state index contributed by atoms with van der Waals surface area (Å²) in [5.74, 6) is 0.559. The fourth-order valence-electron chi connectivity index (χ4n) is 2.64. The first kappa shape index (κ1) is 15.5. The number of hydrogen-bond acceptors (Lipinski definition) is 3. The monoisotopic (exact) mass is 325 g/mol. The number of urea groups is 1. The fourth-order valence-corrected chi connectivity index (χ4v) is 3.49. The minimum Gasteiger partial charge on any atom is -0.338 e. The number of thiophene rings is 1. The molecule has 0 bridgehead atoms. The standard InChI is InChI=1S/C18H19N3OS/c1-4-19-18(22)21-17-7-14-13(16-10-23-9-12(16)3)6-5-11(2)15(14)8-20-17/h5-10H,4H2,1-3H3,(H2,19,20,21,22). The zero-order valence-corrected chi connectivity index (χ0v) is 14.3. The molecule has 2 amide bonds. The van der Waals surface area contributed by atoms with E-state index in [4.69, 9.17) is 0 Å². The SMILES string of the molecule is CCNC(=O)Nc1cc2c(-c3cscc3C)ccc(C)c2cn1. The molecule has 0 saturated heterocycles. The van der Waals surface area contributed by atoms with E-state index in [1.165, 1.54) is 22.3 Å². The maximum Gasteiger partial charge on any atom is 0.320 e. The van der Waals surface area contributed by atoms with Crippen molar-refractivity contribution < 1.29 is 4.79 Å². The molecule has 2 N–H and O–H groups in total. The van der Waals surface area contributed by atoms with Crippen molar-refractivity contribution in [2.75, 3.05) is 11.9 Å². The number of nitrogens with one attached hydrogen (secondary N) is 2. The first-order valence-electron chi connectivity index (χ1n) is 7.57. The van der Waals surface area contributed by atoms with Crippen LogP contribution in [0.2, 0.25) is 0 Å². The van der Waals surface area contributed by atoms with Gasteiger partial charge in [0.15, 0.2) is 0 Å². The highest BCUT2D eigenvalue weighted by molar-refractivity contribution is 7.08. The van der Waals surface area contributed by atoms with Crippen molar-refractivity contribution >= 4 is 34.0 Å². The van der Waals surface area contributed by atoms with Crippen molar-refractivity contribution in [3.63, 3.8) is 0 Å². The smallest absolute Gasteiger partial charge is 0.320 e. The van der Waals surface area contributed by atoms with Gasteiger partial charge in [-0.25, -0.2) is 9.78 Å². The van der Waals surface area contributed by atoms with Gasteiger partial charge in [0.25, 0.3) is 0 Å². The second-order valence-electron chi connectivity index (χ2n) is 5.50. The highest BCUT2D eigenvalue weighted by Gasteiger charge is 2.11. The van der Waals surface area contributed by atoms with Gasteiger partial charge in [0.2, 0.25) is 0 Å². The Morgan fingerprint density at radius 2 is 1.96 bits per heavy atom. The third-order valence-corrected chi connectivity index (χ3v) is 4.71. The van der Waals surface area contributed by atoms with Crippen LogP contribution in [0, 0.1) is 13.8 Å². The van der Waals surface area contributed by atoms with Crippen LogP contribution in [0.15, 0.2) is 35.2 Å². The highest BCUT2D eigenvalue weighted by atomic mass is 32.1. The van der Waals surface area contributed by atoms with Crippen molar-refractivity contribution in [3.8, 4) is 11.1 Å². The summed E-state index contributed by atoms with van der Waals surface area (Å²) >= 11 is 1.70. The van der Waals surface area contributed by atoms with Crippen molar-refractivity contribution in [1.29, 1.82) is 0 Å². The summed E-state index contributed by atoms with van der Waals surface area (Å²) in [7, 11) is 0. The molecule has 5 heteroatoms. The zero-order valence-electron chi connectivity index (χ0n) is 13.4. The lowest BCUT2D eigenvalue weighted by molar-refractivity contribution is 0.252. The molecule has 23 heavy (non-hydrogen) atoms. The molecule has 3 rings (SSSR count). The lowest BCUT2D eigenvalue weighted by atomic mass is 9.96. The van der Waals surface area contributed by atoms with Crippen LogP contribution in [0.5, 0.6) is 0 Å². The third-order valence-electron chi connectivity index (χ3n) is 3.84. The van der Waals surface area contributed by atoms with E-state index in [1.807, 2.05) is 19.2 Å². The minimum absolute atomic E-state index is 0.236. The number of carbonyl (C=O) groups is 1. The lowest BCUT2D eigenvalue weighted by Crippen LogP contribution is -2.28. The number of rotatable bonds is 3. The Morgan fingerprint density at radius 3 is 2.65 bits per heavy atom. The zero-order chi connectivity index (χ0) is 16.4. The maximum absolute atomic E-state index is 11.7. The highest BCUT2D eigenvalue weighted by Crippen LogP contribution is 2.34. The Balaban J connectivity index is 2.12. The van der Waals surface area contributed by atoms with Crippen molar-refractivity contribution in [1.82, 2.24) is 10.3 Å². The van der Waals surface area contributed by atoms with Crippen LogP contribution in [0.1, 0.15) is 18.1 Å². The van der Waals surface area contributed by atoms with Gasteiger partial charge in [-0.15, -0.1) is 0 Å². The number of aromatic nitrogens is 1. The second-order valence-corrected chi connectivity index (χ2v) is 6.24. The van der Waals surface area contributed by atoms with Crippen molar-refractivity contribution in [2.24, 2.45) is 0 Å². The molecule has 2 aromatic heterocycles. The van der Waals surface area contributed by atoms with E-state index in [2.05, 4.69) is 52.4 Å². The van der Waals surface area contributed by atoms with Gasteiger partial charge in [0.05, 0.1) is 0 Å². The number of amides is 2.